The number of rotatable bonds is 8. The Labute approximate surface area is 267 Å². The number of aromatic hydroxyl groups is 1. The lowest BCUT2D eigenvalue weighted by atomic mass is 9.83. The van der Waals surface area contributed by atoms with Crippen LogP contribution >= 0.6 is 23.1 Å². The fourth-order valence-corrected chi connectivity index (χ4v) is 8.98. The van der Waals surface area contributed by atoms with E-state index in [4.69, 9.17) is 9.47 Å². The fourth-order valence-electron chi connectivity index (χ4n) is 6.20. The number of imide groups is 1. The number of phenols is 1. The second-order valence-electron chi connectivity index (χ2n) is 11.0. The van der Waals surface area contributed by atoms with Crippen LogP contribution in [0.25, 0.3) is 0 Å². The van der Waals surface area contributed by atoms with Crippen molar-refractivity contribution in [1.82, 2.24) is 9.47 Å². The summed E-state index contributed by atoms with van der Waals surface area (Å²) < 4.78 is 12.1. The van der Waals surface area contributed by atoms with Crippen LogP contribution in [0.3, 0.4) is 0 Å². The molecule has 236 valence electrons. The number of amides is 3. The predicted octanol–water partition coefficient (Wildman–Crippen LogP) is 4.00. The number of hydrogen-bond donors (Lipinski definition) is 1. The summed E-state index contributed by atoms with van der Waals surface area (Å²) in [7, 11) is 0. The van der Waals surface area contributed by atoms with Crippen molar-refractivity contribution in [2.45, 2.75) is 55.8 Å². The van der Waals surface area contributed by atoms with E-state index in [0.717, 1.165) is 47.3 Å². The number of phenolic OH excluding ortho intramolecular Hbond substituents is 1. The van der Waals surface area contributed by atoms with Crippen molar-refractivity contribution in [3.8, 4) is 11.5 Å². The van der Waals surface area contributed by atoms with E-state index in [-0.39, 0.29) is 35.4 Å². The van der Waals surface area contributed by atoms with Crippen LogP contribution in [0, 0.1) is 5.92 Å². The Morgan fingerprint density at radius 2 is 1.69 bits per heavy atom. The van der Waals surface area contributed by atoms with Crippen LogP contribution in [-0.2, 0) is 25.7 Å². The number of ether oxygens (including phenoxy) is 2. The molecule has 0 radical (unpaired) electrons. The molecule has 4 heterocycles. The summed E-state index contributed by atoms with van der Waals surface area (Å²) in [6, 6.07) is 10.9. The van der Waals surface area contributed by atoms with Crippen molar-refractivity contribution in [3.63, 3.8) is 0 Å². The van der Waals surface area contributed by atoms with Gasteiger partial charge in [-0.05, 0) is 75.1 Å². The summed E-state index contributed by atoms with van der Waals surface area (Å²) in [6.07, 6.45) is 2.89. The Kier molecular flexibility index (Phi) is 8.74. The highest BCUT2D eigenvalue weighted by atomic mass is 32.2. The second kappa shape index (κ2) is 12.7. The Morgan fingerprint density at radius 3 is 2.38 bits per heavy atom. The van der Waals surface area contributed by atoms with Gasteiger partial charge in [0, 0.05) is 23.9 Å². The molecule has 11 nitrogen and oxygen atoms in total. The number of benzene rings is 2. The number of thioether (sulfide) groups is 1. The monoisotopic (exact) mass is 651 g/mol. The lowest BCUT2D eigenvalue weighted by molar-refractivity contribution is -0.133. The van der Waals surface area contributed by atoms with E-state index < -0.39 is 34.9 Å². The standard InChI is InChI=1S/C32H33N3O8S2/c1-3-42-22-16-19(10-13-21(22)36)24-25-26(29(39)35(28(25)38)20-11-8-18(9-12-20)31(40)43-4-2)44-30-27(24)45-32(41)34(30)17-23(37)33-14-6-5-7-15-33/h8-13,16,24-26,36H,3-7,14-15,17H2,1-2H3. The minimum absolute atomic E-state index is 0.0717. The summed E-state index contributed by atoms with van der Waals surface area (Å²) >= 11 is 2.11. The van der Waals surface area contributed by atoms with Crippen molar-refractivity contribution in [1.29, 1.82) is 0 Å². The van der Waals surface area contributed by atoms with Gasteiger partial charge in [0.1, 0.15) is 11.8 Å². The van der Waals surface area contributed by atoms with Crippen molar-refractivity contribution >= 4 is 52.5 Å². The summed E-state index contributed by atoms with van der Waals surface area (Å²) in [5.74, 6) is -2.99. The number of nitrogens with zero attached hydrogens (tertiary/aromatic N) is 3. The lowest BCUT2D eigenvalue weighted by Gasteiger charge is -2.31. The SMILES string of the molecule is CCOC(=O)c1ccc(N2C(=O)C3Sc4c(sc(=O)n4CC(=O)N4CCCCC4)C(c4ccc(O)c(OCC)c4)C3C2=O)cc1. The van der Waals surface area contributed by atoms with Crippen LogP contribution in [0.15, 0.2) is 52.3 Å². The highest BCUT2D eigenvalue weighted by molar-refractivity contribution is 8.00. The maximum absolute atomic E-state index is 14.2. The van der Waals surface area contributed by atoms with Crippen molar-refractivity contribution in [2.24, 2.45) is 5.92 Å². The maximum Gasteiger partial charge on any atom is 0.338 e. The molecule has 45 heavy (non-hydrogen) atoms. The zero-order chi connectivity index (χ0) is 31.8. The number of piperidine rings is 1. The van der Waals surface area contributed by atoms with Gasteiger partial charge >= 0.3 is 10.8 Å². The fraction of sp³-hybridized carbons (Fsp3) is 0.406. The molecule has 3 unspecified atom stereocenters. The van der Waals surface area contributed by atoms with Crippen molar-refractivity contribution in [2.75, 3.05) is 31.2 Å². The number of esters is 1. The first kappa shape index (κ1) is 30.9. The van der Waals surface area contributed by atoms with Gasteiger partial charge in [0.25, 0.3) is 0 Å². The van der Waals surface area contributed by atoms with Crippen LogP contribution in [-0.4, -0.2) is 69.8 Å². The molecule has 1 N–H and O–H groups in total. The summed E-state index contributed by atoms with van der Waals surface area (Å²) in [5, 5.41) is 10.0. The van der Waals surface area contributed by atoms with Gasteiger partial charge in [0.05, 0.1) is 35.4 Å². The number of carbonyl (C=O) groups excluding carboxylic acids is 4. The molecule has 13 heteroatoms. The number of aromatic nitrogens is 1. The van der Waals surface area contributed by atoms with Crippen LogP contribution in [0.2, 0.25) is 0 Å². The van der Waals surface area contributed by atoms with Crippen molar-refractivity contribution < 1.29 is 33.8 Å². The van der Waals surface area contributed by atoms with Gasteiger partial charge in [-0.25, -0.2) is 9.69 Å². The van der Waals surface area contributed by atoms with Gasteiger partial charge < -0.3 is 19.5 Å². The molecular formula is C32H33N3O8S2. The van der Waals surface area contributed by atoms with E-state index in [9.17, 15) is 29.1 Å². The minimum Gasteiger partial charge on any atom is -0.504 e. The van der Waals surface area contributed by atoms with E-state index in [2.05, 4.69) is 0 Å². The largest absolute Gasteiger partial charge is 0.504 e. The van der Waals surface area contributed by atoms with E-state index >= 15 is 0 Å². The highest BCUT2D eigenvalue weighted by Gasteiger charge is 2.57. The van der Waals surface area contributed by atoms with Crippen LogP contribution in [0.5, 0.6) is 11.5 Å². The van der Waals surface area contributed by atoms with Gasteiger partial charge in [-0.1, -0.05) is 29.2 Å². The van der Waals surface area contributed by atoms with Gasteiger partial charge in [0.15, 0.2) is 11.5 Å². The lowest BCUT2D eigenvalue weighted by Crippen LogP contribution is -2.39. The molecule has 6 rings (SSSR count). The third-order valence-corrected chi connectivity index (χ3v) is 10.9. The van der Waals surface area contributed by atoms with Crippen LogP contribution < -0.4 is 14.5 Å². The molecule has 0 bridgehead atoms. The van der Waals surface area contributed by atoms with Gasteiger partial charge in [-0.3, -0.25) is 23.7 Å². The minimum atomic E-state index is -0.880. The molecule has 0 saturated carbocycles. The molecule has 0 spiro atoms. The number of hydrogen-bond acceptors (Lipinski definition) is 10. The number of anilines is 1. The molecule has 3 aliphatic rings. The first-order chi connectivity index (χ1) is 21.7. The number of carbonyl (C=O) groups is 4. The average molecular weight is 652 g/mol. The zero-order valence-corrected chi connectivity index (χ0v) is 26.5. The molecule has 0 aliphatic carbocycles. The summed E-state index contributed by atoms with van der Waals surface area (Å²) in [6.45, 7) is 5.14. The Bertz CT molecular complexity index is 1710. The van der Waals surface area contributed by atoms with Gasteiger partial charge in [-0.15, -0.1) is 0 Å². The van der Waals surface area contributed by atoms with E-state index in [1.165, 1.54) is 34.9 Å². The molecule has 2 fully saturated rings. The van der Waals surface area contributed by atoms with Crippen LogP contribution in [0.1, 0.15) is 59.8 Å². The third-order valence-electron chi connectivity index (χ3n) is 8.33. The first-order valence-electron chi connectivity index (χ1n) is 15.0. The maximum atomic E-state index is 14.2. The van der Waals surface area contributed by atoms with E-state index in [1.54, 1.807) is 30.9 Å². The van der Waals surface area contributed by atoms with E-state index in [0.29, 0.717) is 46.4 Å². The second-order valence-corrected chi connectivity index (χ2v) is 13.2. The highest BCUT2D eigenvalue weighted by Crippen LogP contribution is 2.54. The predicted molar refractivity (Wildman–Crippen MR) is 168 cm³/mol. The van der Waals surface area contributed by atoms with Crippen molar-refractivity contribution in [3.05, 3.63) is 68.1 Å². The molecular weight excluding hydrogens is 618 g/mol. The Balaban J connectivity index is 1.42. The topological polar surface area (TPSA) is 135 Å². The zero-order valence-electron chi connectivity index (χ0n) is 24.9. The third kappa shape index (κ3) is 5.63. The summed E-state index contributed by atoms with van der Waals surface area (Å²) in [4.78, 5) is 70.3. The van der Waals surface area contributed by atoms with Gasteiger partial charge in [0.2, 0.25) is 17.7 Å². The molecule has 3 amide bonds. The Hall–Kier alpha value is -4.10. The van der Waals surface area contributed by atoms with Crippen LogP contribution in [0.4, 0.5) is 5.69 Å². The van der Waals surface area contributed by atoms with Gasteiger partial charge in [-0.2, -0.15) is 0 Å². The molecule has 2 aromatic carbocycles. The average Bonchev–Trinajstić information content (AvgIpc) is 3.49. The Morgan fingerprint density at radius 1 is 0.956 bits per heavy atom. The molecule has 3 atom stereocenters. The number of fused-ring (bicyclic) bond motifs is 2. The summed E-state index contributed by atoms with van der Waals surface area (Å²) in [5.41, 5.74) is 1.21. The normalized spacial score (nSPS) is 21.0. The smallest absolute Gasteiger partial charge is 0.338 e. The number of thiazole rings is 1. The van der Waals surface area contributed by atoms with E-state index in [1.807, 2.05) is 0 Å². The number of likely N-dealkylation sites (tertiary alicyclic amines) is 1. The quantitative estimate of drug-likeness (QED) is 0.283. The molecule has 1 aromatic heterocycles. The molecule has 3 aliphatic heterocycles. The first-order valence-corrected chi connectivity index (χ1v) is 16.7. The molecule has 2 saturated heterocycles. The molecule has 3 aromatic rings.